The van der Waals surface area contributed by atoms with Crippen LogP contribution in [-0.2, 0) is 0 Å². The van der Waals surface area contributed by atoms with Crippen molar-refractivity contribution >= 4 is 5.82 Å². The van der Waals surface area contributed by atoms with Gasteiger partial charge in [0.2, 0.25) is 5.88 Å². The van der Waals surface area contributed by atoms with Crippen molar-refractivity contribution in [3.05, 3.63) is 78.1 Å². The van der Waals surface area contributed by atoms with Gasteiger partial charge in [0, 0.05) is 13.2 Å². The molecule has 0 spiro atoms. The fourth-order valence-corrected chi connectivity index (χ4v) is 3.29. The van der Waals surface area contributed by atoms with Crippen molar-refractivity contribution in [2.75, 3.05) is 19.1 Å². The Morgan fingerprint density at radius 1 is 1.00 bits per heavy atom. The van der Waals surface area contributed by atoms with Gasteiger partial charge in [-0.25, -0.2) is 14.4 Å². The van der Waals surface area contributed by atoms with Crippen molar-refractivity contribution in [1.82, 2.24) is 24.7 Å². The predicted octanol–water partition coefficient (Wildman–Crippen LogP) is 4.38. The van der Waals surface area contributed by atoms with Crippen molar-refractivity contribution in [3.8, 4) is 23.0 Å². The first-order valence-electron chi connectivity index (χ1n) is 9.84. The minimum absolute atomic E-state index is 0.0110. The number of ether oxygens (including phenoxy) is 1. The molecule has 0 aliphatic carbocycles. The average molecular weight is 418 g/mol. The van der Waals surface area contributed by atoms with E-state index >= 15 is 0 Å². The van der Waals surface area contributed by atoms with Crippen LogP contribution >= 0.6 is 0 Å². The van der Waals surface area contributed by atoms with Gasteiger partial charge in [-0.15, -0.1) is 10.2 Å². The molecule has 3 aromatic heterocycles. The summed E-state index contributed by atoms with van der Waals surface area (Å²) >= 11 is 0. The summed E-state index contributed by atoms with van der Waals surface area (Å²) in [5.74, 6) is 0.931. The number of aryl methyl sites for hydroxylation is 1. The van der Waals surface area contributed by atoms with E-state index in [2.05, 4.69) is 20.2 Å². The molecule has 0 N–H and O–H groups in total. The van der Waals surface area contributed by atoms with Crippen LogP contribution in [0.3, 0.4) is 0 Å². The molecule has 0 aliphatic heterocycles. The Labute approximate surface area is 180 Å². The van der Waals surface area contributed by atoms with Gasteiger partial charge in [0.05, 0.1) is 30.9 Å². The van der Waals surface area contributed by atoms with Gasteiger partial charge in [-0.05, 0) is 55.8 Å². The highest BCUT2D eigenvalue weighted by Gasteiger charge is 2.15. The number of methoxy groups -OCH3 is 1. The Morgan fingerprint density at radius 2 is 1.74 bits per heavy atom. The highest BCUT2D eigenvalue weighted by atomic mass is 19.1. The fourth-order valence-electron chi connectivity index (χ4n) is 3.29. The molecule has 0 aliphatic rings. The van der Waals surface area contributed by atoms with Crippen LogP contribution in [0.4, 0.5) is 10.2 Å². The number of halogens is 1. The summed E-state index contributed by atoms with van der Waals surface area (Å²) in [4.78, 5) is 10.8. The predicted molar refractivity (Wildman–Crippen MR) is 117 cm³/mol. The number of benzene rings is 1. The van der Waals surface area contributed by atoms with Crippen LogP contribution in [0, 0.1) is 12.7 Å². The Kier molecular flexibility index (Phi) is 5.62. The standard InChI is InChI=1S/C23H23FN6O/c1-15-13-30(14-25-15)21-11-9-19(26-23(21)31-4)20-10-12-22(28-27-20)29(3)16(2)17-5-7-18(24)8-6-17/h5-14,16H,1-4H3/t16-/m0/s1. The number of hydrogen-bond acceptors (Lipinski definition) is 6. The highest BCUT2D eigenvalue weighted by molar-refractivity contribution is 5.59. The molecule has 7 nitrogen and oxygen atoms in total. The van der Waals surface area contributed by atoms with Crippen molar-refractivity contribution in [1.29, 1.82) is 0 Å². The minimum atomic E-state index is -0.250. The van der Waals surface area contributed by atoms with Crippen molar-refractivity contribution in [2.24, 2.45) is 0 Å². The summed E-state index contributed by atoms with van der Waals surface area (Å²) in [5, 5.41) is 8.72. The maximum absolute atomic E-state index is 13.2. The molecule has 158 valence electrons. The van der Waals surface area contributed by atoms with Gasteiger partial charge in [-0.1, -0.05) is 12.1 Å². The number of rotatable bonds is 6. The van der Waals surface area contributed by atoms with Crippen LogP contribution in [0.25, 0.3) is 17.1 Å². The largest absolute Gasteiger partial charge is 0.479 e. The van der Waals surface area contributed by atoms with Gasteiger partial charge in [-0.3, -0.25) is 0 Å². The SMILES string of the molecule is COc1nc(-c2ccc(N(C)[C@@H](C)c3ccc(F)cc3)nn2)ccc1-n1cnc(C)c1. The van der Waals surface area contributed by atoms with Gasteiger partial charge in [0.1, 0.15) is 17.2 Å². The smallest absolute Gasteiger partial charge is 0.238 e. The number of hydrogen-bond donors (Lipinski definition) is 0. The zero-order valence-electron chi connectivity index (χ0n) is 17.8. The first-order chi connectivity index (χ1) is 15.0. The maximum atomic E-state index is 13.2. The third kappa shape index (κ3) is 4.23. The zero-order valence-corrected chi connectivity index (χ0v) is 17.8. The number of pyridine rings is 1. The van der Waals surface area contributed by atoms with Crippen LogP contribution in [0.5, 0.6) is 5.88 Å². The fraction of sp³-hybridized carbons (Fsp3) is 0.217. The second-order valence-electron chi connectivity index (χ2n) is 7.26. The first-order valence-corrected chi connectivity index (χ1v) is 9.84. The zero-order chi connectivity index (χ0) is 22.0. The van der Waals surface area contributed by atoms with Crippen molar-refractivity contribution < 1.29 is 9.13 Å². The van der Waals surface area contributed by atoms with E-state index in [4.69, 9.17) is 4.74 Å². The summed E-state index contributed by atoms with van der Waals surface area (Å²) in [6.07, 6.45) is 3.63. The molecule has 0 radical (unpaired) electrons. The first kappa shape index (κ1) is 20.5. The van der Waals surface area contributed by atoms with E-state index in [1.807, 2.05) is 60.8 Å². The van der Waals surface area contributed by atoms with Gasteiger partial charge in [0.15, 0.2) is 5.82 Å². The monoisotopic (exact) mass is 418 g/mol. The minimum Gasteiger partial charge on any atom is -0.479 e. The van der Waals surface area contributed by atoms with Gasteiger partial charge in [-0.2, -0.15) is 0 Å². The molecule has 0 fully saturated rings. The summed E-state index contributed by atoms with van der Waals surface area (Å²) in [6.45, 7) is 3.96. The Hall–Kier alpha value is -3.81. The molecule has 1 atom stereocenters. The lowest BCUT2D eigenvalue weighted by Crippen LogP contribution is -2.23. The number of anilines is 1. The highest BCUT2D eigenvalue weighted by Crippen LogP contribution is 2.27. The van der Waals surface area contributed by atoms with Crippen molar-refractivity contribution in [3.63, 3.8) is 0 Å². The molecule has 0 bridgehead atoms. The van der Waals surface area contributed by atoms with Crippen LogP contribution in [0.1, 0.15) is 24.2 Å². The number of imidazole rings is 1. The Balaban J connectivity index is 1.57. The lowest BCUT2D eigenvalue weighted by molar-refractivity contribution is 0.396. The van der Waals surface area contributed by atoms with E-state index in [1.54, 1.807) is 25.6 Å². The van der Waals surface area contributed by atoms with E-state index in [0.717, 1.165) is 16.9 Å². The summed E-state index contributed by atoms with van der Waals surface area (Å²) in [7, 11) is 3.51. The molecule has 4 rings (SSSR count). The molecule has 0 amide bonds. The molecule has 31 heavy (non-hydrogen) atoms. The molecule has 8 heteroatoms. The third-order valence-electron chi connectivity index (χ3n) is 5.23. The number of nitrogens with zero attached hydrogens (tertiary/aromatic N) is 6. The molecule has 0 saturated carbocycles. The van der Waals surface area contributed by atoms with Gasteiger partial charge in [0.25, 0.3) is 0 Å². The maximum Gasteiger partial charge on any atom is 0.238 e. The molecule has 0 unspecified atom stereocenters. The van der Waals surface area contributed by atoms with Crippen LogP contribution in [0.2, 0.25) is 0 Å². The molecule has 0 saturated heterocycles. The summed E-state index contributed by atoms with van der Waals surface area (Å²) in [6, 6.07) is 14.0. The molecule has 3 heterocycles. The second-order valence-corrected chi connectivity index (χ2v) is 7.26. The van der Waals surface area contributed by atoms with Crippen LogP contribution < -0.4 is 9.64 Å². The Bertz CT molecular complexity index is 1170. The van der Waals surface area contributed by atoms with Gasteiger partial charge < -0.3 is 14.2 Å². The molecular weight excluding hydrogens is 395 g/mol. The third-order valence-corrected chi connectivity index (χ3v) is 5.23. The van der Waals surface area contributed by atoms with E-state index in [0.29, 0.717) is 23.1 Å². The van der Waals surface area contributed by atoms with Gasteiger partial charge >= 0.3 is 0 Å². The quantitative estimate of drug-likeness (QED) is 0.463. The lowest BCUT2D eigenvalue weighted by Gasteiger charge is -2.26. The van der Waals surface area contributed by atoms with Crippen LogP contribution in [0.15, 0.2) is 61.1 Å². The normalized spacial score (nSPS) is 11.9. The van der Waals surface area contributed by atoms with E-state index in [-0.39, 0.29) is 11.9 Å². The van der Waals surface area contributed by atoms with E-state index < -0.39 is 0 Å². The summed E-state index contributed by atoms with van der Waals surface area (Å²) < 4.78 is 20.5. The van der Waals surface area contributed by atoms with Crippen LogP contribution in [-0.4, -0.2) is 38.9 Å². The molecule has 4 aromatic rings. The Morgan fingerprint density at radius 3 is 2.35 bits per heavy atom. The van der Waals surface area contributed by atoms with E-state index in [9.17, 15) is 4.39 Å². The average Bonchev–Trinajstić information content (AvgIpc) is 3.24. The van der Waals surface area contributed by atoms with Crippen molar-refractivity contribution in [2.45, 2.75) is 19.9 Å². The number of aromatic nitrogens is 5. The topological polar surface area (TPSA) is 69.0 Å². The summed E-state index contributed by atoms with van der Waals surface area (Å²) in [5.41, 5.74) is 3.99. The second kappa shape index (κ2) is 8.51. The molecule has 1 aromatic carbocycles. The van der Waals surface area contributed by atoms with E-state index in [1.165, 1.54) is 12.1 Å². The molecular formula is C23H23FN6O. The lowest BCUT2D eigenvalue weighted by atomic mass is 10.1.